The van der Waals surface area contributed by atoms with Gasteiger partial charge < -0.3 is 15.4 Å². The van der Waals surface area contributed by atoms with E-state index in [1.165, 1.54) is 11.8 Å². The standard InChI is InChI=1S/C20H24N2O3S/c1-4-25-17-9-7-16(8-10-17)21-19(23)12-26-13-20(24)22-18-11-14(2)5-6-15(18)3/h5-11H,4,12-13H2,1-3H3,(H,21,23)(H,22,24). The van der Waals surface area contributed by atoms with Crippen molar-refractivity contribution < 1.29 is 14.3 Å². The van der Waals surface area contributed by atoms with Gasteiger partial charge in [0.1, 0.15) is 5.75 Å². The molecule has 0 saturated heterocycles. The number of aryl methyl sites for hydroxylation is 2. The third-order valence-corrected chi connectivity index (χ3v) is 4.52. The van der Waals surface area contributed by atoms with E-state index in [-0.39, 0.29) is 23.3 Å². The number of benzene rings is 2. The van der Waals surface area contributed by atoms with Crippen molar-refractivity contribution in [3.05, 3.63) is 53.6 Å². The monoisotopic (exact) mass is 372 g/mol. The summed E-state index contributed by atoms with van der Waals surface area (Å²) in [7, 11) is 0. The lowest BCUT2D eigenvalue weighted by Gasteiger charge is -2.09. The van der Waals surface area contributed by atoms with E-state index in [1.54, 1.807) is 12.1 Å². The Balaban J connectivity index is 1.73. The zero-order valence-corrected chi connectivity index (χ0v) is 16.1. The van der Waals surface area contributed by atoms with Crippen molar-refractivity contribution in [2.24, 2.45) is 0 Å². The Morgan fingerprint density at radius 3 is 2.27 bits per heavy atom. The van der Waals surface area contributed by atoms with E-state index in [4.69, 9.17) is 4.74 Å². The molecule has 0 aliphatic rings. The molecule has 2 rings (SSSR count). The van der Waals surface area contributed by atoms with Crippen LogP contribution in [0.4, 0.5) is 11.4 Å². The van der Waals surface area contributed by atoms with Crippen LogP contribution in [0, 0.1) is 13.8 Å². The summed E-state index contributed by atoms with van der Waals surface area (Å²) in [5.74, 6) is 0.955. The van der Waals surface area contributed by atoms with Crippen molar-refractivity contribution in [1.29, 1.82) is 0 Å². The Morgan fingerprint density at radius 1 is 0.962 bits per heavy atom. The number of nitrogens with one attached hydrogen (secondary N) is 2. The van der Waals surface area contributed by atoms with E-state index in [1.807, 2.05) is 51.1 Å². The summed E-state index contributed by atoms with van der Waals surface area (Å²) >= 11 is 1.28. The second-order valence-electron chi connectivity index (χ2n) is 5.86. The molecule has 0 heterocycles. The average Bonchev–Trinajstić information content (AvgIpc) is 2.60. The number of carbonyl (C=O) groups is 2. The Bertz CT molecular complexity index is 760. The average molecular weight is 372 g/mol. The van der Waals surface area contributed by atoms with Crippen molar-refractivity contribution >= 4 is 35.0 Å². The lowest BCUT2D eigenvalue weighted by molar-refractivity contribution is -0.114. The quantitative estimate of drug-likeness (QED) is 0.735. The number of amides is 2. The minimum atomic E-state index is -0.140. The van der Waals surface area contributed by atoms with Gasteiger partial charge >= 0.3 is 0 Å². The number of rotatable bonds is 8. The van der Waals surface area contributed by atoms with E-state index < -0.39 is 0 Å². The van der Waals surface area contributed by atoms with Crippen LogP contribution in [0.15, 0.2) is 42.5 Å². The van der Waals surface area contributed by atoms with Crippen molar-refractivity contribution in [3.63, 3.8) is 0 Å². The lowest BCUT2D eigenvalue weighted by Crippen LogP contribution is -2.18. The first kappa shape index (κ1) is 19.8. The smallest absolute Gasteiger partial charge is 0.234 e. The molecule has 0 aliphatic heterocycles. The highest BCUT2D eigenvalue weighted by Crippen LogP contribution is 2.18. The molecule has 0 fully saturated rings. The van der Waals surface area contributed by atoms with Crippen molar-refractivity contribution in [3.8, 4) is 5.75 Å². The van der Waals surface area contributed by atoms with Gasteiger partial charge in [-0.05, 0) is 62.2 Å². The minimum absolute atomic E-state index is 0.113. The molecule has 6 heteroatoms. The molecule has 0 unspecified atom stereocenters. The van der Waals surface area contributed by atoms with Gasteiger partial charge in [-0.2, -0.15) is 0 Å². The summed E-state index contributed by atoms with van der Waals surface area (Å²) in [5.41, 5.74) is 3.63. The second-order valence-corrected chi connectivity index (χ2v) is 6.85. The van der Waals surface area contributed by atoms with Crippen LogP contribution in [-0.2, 0) is 9.59 Å². The Morgan fingerprint density at radius 2 is 1.62 bits per heavy atom. The first-order valence-electron chi connectivity index (χ1n) is 8.45. The summed E-state index contributed by atoms with van der Waals surface area (Å²) in [6.45, 7) is 6.46. The molecule has 0 spiro atoms. The number of hydrogen-bond donors (Lipinski definition) is 2. The van der Waals surface area contributed by atoms with Gasteiger partial charge in [0, 0.05) is 11.4 Å². The molecule has 0 bridgehead atoms. The van der Waals surface area contributed by atoms with Crippen LogP contribution in [0.1, 0.15) is 18.1 Å². The number of carbonyl (C=O) groups excluding carboxylic acids is 2. The van der Waals surface area contributed by atoms with Crippen LogP contribution in [-0.4, -0.2) is 29.9 Å². The summed E-state index contributed by atoms with van der Waals surface area (Å²) < 4.78 is 5.36. The number of ether oxygens (including phenoxy) is 1. The molecule has 2 aromatic carbocycles. The minimum Gasteiger partial charge on any atom is -0.494 e. The maximum Gasteiger partial charge on any atom is 0.234 e. The van der Waals surface area contributed by atoms with Gasteiger partial charge in [0.05, 0.1) is 18.1 Å². The molecule has 26 heavy (non-hydrogen) atoms. The maximum absolute atomic E-state index is 12.0. The molecule has 2 amide bonds. The molecule has 0 aliphatic carbocycles. The van der Waals surface area contributed by atoms with E-state index in [9.17, 15) is 9.59 Å². The van der Waals surface area contributed by atoms with E-state index in [2.05, 4.69) is 10.6 Å². The fourth-order valence-electron chi connectivity index (χ4n) is 2.29. The van der Waals surface area contributed by atoms with Gasteiger partial charge in [0.2, 0.25) is 11.8 Å². The predicted molar refractivity (Wildman–Crippen MR) is 108 cm³/mol. The summed E-state index contributed by atoms with van der Waals surface area (Å²) in [6, 6.07) is 13.1. The molecule has 2 N–H and O–H groups in total. The highest BCUT2D eigenvalue weighted by atomic mass is 32.2. The van der Waals surface area contributed by atoms with Gasteiger partial charge in [-0.25, -0.2) is 0 Å². The van der Waals surface area contributed by atoms with Gasteiger partial charge in [-0.3, -0.25) is 9.59 Å². The maximum atomic E-state index is 12.0. The SMILES string of the molecule is CCOc1ccc(NC(=O)CSCC(=O)Nc2cc(C)ccc2C)cc1. The van der Waals surface area contributed by atoms with Gasteiger partial charge in [0.15, 0.2) is 0 Å². The third kappa shape index (κ3) is 6.44. The second kappa shape index (κ2) is 9.87. The predicted octanol–water partition coefficient (Wildman–Crippen LogP) is 4.01. The van der Waals surface area contributed by atoms with Gasteiger partial charge in [-0.1, -0.05) is 12.1 Å². The molecule has 5 nitrogen and oxygen atoms in total. The van der Waals surface area contributed by atoms with Crippen molar-refractivity contribution in [1.82, 2.24) is 0 Å². The van der Waals surface area contributed by atoms with Crippen LogP contribution >= 0.6 is 11.8 Å². The van der Waals surface area contributed by atoms with E-state index >= 15 is 0 Å². The summed E-state index contributed by atoms with van der Waals surface area (Å²) in [6.07, 6.45) is 0. The summed E-state index contributed by atoms with van der Waals surface area (Å²) in [5, 5.41) is 5.69. The largest absolute Gasteiger partial charge is 0.494 e. The molecule has 0 saturated carbocycles. The molecular formula is C20H24N2O3S. The Hall–Kier alpha value is -2.47. The molecule has 0 aromatic heterocycles. The Kier molecular flexibility index (Phi) is 7.53. The van der Waals surface area contributed by atoms with Crippen LogP contribution in [0.2, 0.25) is 0 Å². The van der Waals surface area contributed by atoms with Crippen LogP contribution in [0.25, 0.3) is 0 Å². The molecule has 2 aromatic rings. The highest BCUT2D eigenvalue weighted by molar-refractivity contribution is 8.00. The lowest BCUT2D eigenvalue weighted by atomic mass is 10.1. The van der Waals surface area contributed by atoms with Crippen LogP contribution in [0.5, 0.6) is 5.75 Å². The van der Waals surface area contributed by atoms with Crippen molar-refractivity contribution in [2.45, 2.75) is 20.8 Å². The zero-order valence-electron chi connectivity index (χ0n) is 15.3. The third-order valence-electron chi connectivity index (χ3n) is 3.58. The molecule has 0 atom stereocenters. The van der Waals surface area contributed by atoms with Gasteiger partial charge in [-0.15, -0.1) is 11.8 Å². The van der Waals surface area contributed by atoms with Gasteiger partial charge in [0.25, 0.3) is 0 Å². The normalized spacial score (nSPS) is 10.3. The topological polar surface area (TPSA) is 67.4 Å². The number of anilines is 2. The Labute approximate surface area is 158 Å². The highest BCUT2D eigenvalue weighted by Gasteiger charge is 2.08. The van der Waals surface area contributed by atoms with Crippen LogP contribution < -0.4 is 15.4 Å². The van der Waals surface area contributed by atoms with E-state index in [0.29, 0.717) is 12.3 Å². The number of thioether (sulfide) groups is 1. The van der Waals surface area contributed by atoms with E-state index in [0.717, 1.165) is 22.6 Å². The first-order valence-corrected chi connectivity index (χ1v) is 9.61. The summed E-state index contributed by atoms with van der Waals surface area (Å²) in [4.78, 5) is 24.0. The molecule has 138 valence electrons. The fourth-order valence-corrected chi connectivity index (χ4v) is 2.91. The molecule has 0 radical (unpaired) electrons. The van der Waals surface area contributed by atoms with Crippen LogP contribution in [0.3, 0.4) is 0 Å². The molecular weight excluding hydrogens is 348 g/mol. The van der Waals surface area contributed by atoms with Crippen molar-refractivity contribution in [2.75, 3.05) is 28.7 Å². The first-order chi connectivity index (χ1) is 12.5. The fraction of sp³-hybridized carbons (Fsp3) is 0.300. The number of hydrogen-bond acceptors (Lipinski definition) is 4. The zero-order chi connectivity index (χ0) is 18.9.